The molecule has 0 aliphatic heterocycles. The number of nitrogens with one attached hydrogen (secondary N) is 1. The lowest BCUT2D eigenvalue weighted by atomic mass is 10.1. The maximum Gasteiger partial charge on any atom is 0.244 e. The Balaban J connectivity index is 2.42. The molecular weight excluding hydrogens is 254 g/mol. The van der Waals surface area contributed by atoms with Crippen LogP contribution in [0.4, 0.5) is 0 Å². The lowest BCUT2D eigenvalue weighted by molar-refractivity contribution is -0.117. The minimum Gasteiger partial charge on any atom is -0.467 e. The molecule has 1 rings (SSSR count). The summed E-state index contributed by atoms with van der Waals surface area (Å²) in [6, 6.07) is 3.31. The predicted octanol–water partition coefficient (Wildman–Crippen LogP) is 3.12. The maximum atomic E-state index is 11.7. The standard InChI is InChI=1S/C16H23NO3/c1-4-13(5-2)8-9-16(19)17-12(3)11-14(18)15-7-6-10-20-15/h4,6-10,12,14,18H,5,11H2,1-3H3,(H,17,19). The van der Waals surface area contributed by atoms with Gasteiger partial charge in [-0.25, -0.2) is 0 Å². The van der Waals surface area contributed by atoms with Crippen molar-refractivity contribution in [3.05, 3.63) is 48.0 Å². The summed E-state index contributed by atoms with van der Waals surface area (Å²) in [4.78, 5) is 11.7. The second kappa shape index (κ2) is 8.38. The molecule has 0 radical (unpaired) electrons. The molecule has 1 heterocycles. The van der Waals surface area contributed by atoms with Crippen molar-refractivity contribution in [2.24, 2.45) is 0 Å². The fraction of sp³-hybridized carbons (Fsp3) is 0.438. The maximum absolute atomic E-state index is 11.7. The Kier molecular flexibility index (Phi) is 6.81. The van der Waals surface area contributed by atoms with Crippen LogP contribution in [-0.4, -0.2) is 17.1 Å². The van der Waals surface area contributed by atoms with Crippen molar-refractivity contribution in [3.63, 3.8) is 0 Å². The van der Waals surface area contributed by atoms with Crippen LogP contribution in [0.2, 0.25) is 0 Å². The molecule has 0 spiro atoms. The van der Waals surface area contributed by atoms with Gasteiger partial charge in [-0.05, 0) is 32.4 Å². The number of carbonyl (C=O) groups is 1. The molecule has 0 bridgehead atoms. The fourth-order valence-corrected chi connectivity index (χ4v) is 1.88. The highest BCUT2D eigenvalue weighted by Crippen LogP contribution is 2.18. The van der Waals surface area contributed by atoms with Crippen LogP contribution in [0.25, 0.3) is 0 Å². The van der Waals surface area contributed by atoms with Gasteiger partial charge < -0.3 is 14.8 Å². The molecule has 0 saturated heterocycles. The molecule has 4 heteroatoms. The van der Waals surface area contributed by atoms with Gasteiger partial charge in [0.05, 0.1) is 6.26 Å². The molecule has 2 atom stereocenters. The van der Waals surface area contributed by atoms with Gasteiger partial charge in [-0.2, -0.15) is 0 Å². The van der Waals surface area contributed by atoms with E-state index >= 15 is 0 Å². The van der Waals surface area contributed by atoms with E-state index in [0.29, 0.717) is 12.2 Å². The number of furan rings is 1. The lowest BCUT2D eigenvalue weighted by Crippen LogP contribution is -2.32. The van der Waals surface area contributed by atoms with Gasteiger partial charge in [-0.3, -0.25) is 4.79 Å². The molecule has 0 aliphatic carbocycles. The Labute approximate surface area is 120 Å². The van der Waals surface area contributed by atoms with Crippen molar-refractivity contribution < 1.29 is 14.3 Å². The normalized spacial score (nSPS) is 15.3. The monoisotopic (exact) mass is 277 g/mol. The molecule has 1 aromatic rings. The van der Waals surface area contributed by atoms with Crippen LogP contribution in [0.1, 0.15) is 45.5 Å². The molecule has 1 aromatic heterocycles. The Hall–Kier alpha value is -1.81. The minimum absolute atomic E-state index is 0.136. The molecule has 0 aliphatic rings. The molecule has 1 amide bonds. The summed E-state index contributed by atoms with van der Waals surface area (Å²) >= 11 is 0. The number of hydrogen-bond acceptors (Lipinski definition) is 3. The van der Waals surface area contributed by atoms with Gasteiger partial charge >= 0.3 is 0 Å². The van der Waals surface area contributed by atoms with E-state index in [0.717, 1.165) is 12.0 Å². The molecular formula is C16H23NO3. The third-order valence-electron chi connectivity index (χ3n) is 3.06. The summed E-state index contributed by atoms with van der Waals surface area (Å²) in [7, 11) is 0. The number of hydrogen-bond donors (Lipinski definition) is 2. The molecule has 2 unspecified atom stereocenters. The highest BCUT2D eigenvalue weighted by molar-refractivity contribution is 5.88. The number of amides is 1. The van der Waals surface area contributed by atoms with Crippen molar-refractivity contribution in [1.82, 2.24) is 5.32 Å². The zero-order valence-electron chi connectivity index (χ0n) is 12.3. The van der Waals surface area contributed by atoms with Crippen LogP contribution < -0.4 is 5.32 Å². The highest BCUT2D eigenvalue weighted by Gasteiger charge is 2.15. The predicted molar refractivity (Wildman–Crippen MR) is 79.1 cm³/mol. The molecule has 4 nitrogen and oxygen atoms in total. The van der Waals surface area contributed by atoms with Crippen molar-refractivity contribution in [2.75, 3.05) is 0 Å². The first-order chi connectivity index (χ1) is 9.56. The SMILES string of the molecule is CC=C(C=CC(=O)NC(C)CC(O)c1ccco1)CC. The van der Waals surface area contributed by atoms with E-state index in [1.54, 1.807) is 12.1 Å². The van der Waals surface area contributed by atoms with Gasteiger partial charge in [0, 0.05) is 18.5 Å². The first-order valence-electron chi connectivity index (χ1n) is 6.92. The molecule has 2 N–H and O–H groups in total. The number of rotatable bonds is 7. The quantitative estimate of drug-likeness (QED) is 0.594. The van der Waals surface area contributed by atoms with Crippen LogP contribution >= 0.6 is 0 Å². The molecule has 0 aromatic carbocycles. The second-order valence-corrected chi connectivity index (χ2v) is 4.73. The van der Waals surface area contributed by atoms with Gasteiger partial charge in [0.25, 0.3) is 0 Å². The molecule has 0 fully saturated rings. The Morgan fingerprint density at radius 2 is 2.25 bits per heavy atom. The van der Waals surface area contributed by atoms with Gasteiger partial charge in [-0.1, -0.05) is 24.6 Å². The summed E-state index contributed by atoms with van der Waals surface area (Å²) < 4.78 is 5.13. The third kappa shape index (κ3) is 5.45. The fourth-order valence-electron chi connectivity index (χ4n) is 1.88. The summed E-state index contributed by atoms with van der Waals surface area (Å²) in [6.45, 7) is 5.84. The van der Waals surface area contributed by atoms with E-state index in [4.69, 9.17) is 4.42 Å². The summed E-state index contributed by atoms with van der Waals surface area (Å²) in [5, 5.41) is 12.7. The third-order valence-corrected chi connectivity index (χ3v) is 3.06. The van der Waals surface area contributed by atoms with Crippen LogP contribution in [0, 0.1) is 0 Å². The summed E-state index contributed by atoms with van der Waals surface area (Å²) in [5.74, 6) is 0.362. The van der Waals surface area contributed by atoms with Crippen molar-refractivity contribution >= 4 is 5.91 Å². The van der Waals surface area contributed by atoms with Crippen LogP contribution in [0.5, 0.6) is 0 Å². The average Bonchev–Trinajstić information content (AvgIpc) is 2.93. The Morgan fingerprint density at radius 3 is 2.80 bits per heavy atom. The van der Waals surface area contributed by atoms with E-state index < -0.39 is 6.10 Å². The molecule has 20 heavy (non-hydrogen) atoms. The van der Waals surface area contributed by atoms with E-state index in [-0.39, 0.29) is 11.9 Å². The molecule has 110 valence electrons. The summed E-state index contributed by atoms with van der Waals surface area (Å²) in [5.41, 5.74) is 1.11. The average molecular weight is 277 g/mol. The van der Waals surface area contributed by atoms with E-state index in [1.807, 2.05) is 32.9 Å². The van der Waals surface area contributed by atoms with E-state index in [1.165, 1.54) is 12.3 Å². The van der Waals surface area contributed by atoms with Gasteiger partial charge in [-0.15, -0.1) is 0 Å². The van der Waals surface area contributed by atoms with Crippen molar-refractivity contribution in [2.45, 2.75) is 45.8 Å². The summed E-state index contributed by atoms with van der Waals surface area (Å²) in [6.07, 6.45) is 7.44. The van der Waals surface area contributed by atoms with E-state index in [2.05, 4.69) is 5.32 Å². The van der Waals surface area contributed by atoms with Gasteiger partial charge in [0.15, 0.2) is 0 Å². The number of aliphatic hydroxyl groups excluding tert-OH is 1. The topological polar surface area (TPSA) is 62.5 Å². The zero-order valence-corrected chi connectivity index (χ0v) is 12.3. The highest BCUT2D eigenvalue weighted by atomic mass is 16.4. The zero-order chi connectivity index (χ0) is 15.0. The smallest absolute Gasteiger partial charge is 0.244 e. The van der Waals surface area contributed by atoms with E-state index in [9.17, 15) is 9.90 Å². The largest absolute Gasteiger partial charge is 0.467 e. The Morgan fingerprint density at radius 1 is 1.50 bits per heavy atom. The van der Waals surface area contributed by atoms with Gasteiger partial charge in [0.1, 0.15) is 11.9 Å². The van der Waals surface area contributed by atoms with Crippen LogP contribution in [0.3, 0.4) is 0 Å². The van der Waals surface area contributed by atoms with Crippen molar-refractivity contribution in [1.29, 1.82) is 0 Å². The van der Waals surface area contributed by atoms with Gasteiger partial charge in [0.2, 0.25) is 5.91 Å². The molecule has 0 saturated carbocycles. The minimum atomic E-state index is -0.703. The van der Waals surface area contributed by atoms with Crippen molar-refractivity contribution in [3.8, 4) is 0 Å². The first-order valence-corrected chi connectivity index (χ1v) is 6.92. The lowest BCUT2D eigenvalue weighted by Gasteiger charge is -2.15. The Bertz CT molecular complexity index is 460. The number of aliphatic hydroxyl groups is 1. The second-order valence-electron chi connectivity index (χ2n) is 4.73. The number of carbonyl (C=O) groups excluding carboxylic acids is 1. The number of allylic oxidation sites excluding steroid dienone is 3. The van der Waals surface area contributed by atoms with Crippen LogP contribution in [-0.2, 0) is 4.79 Å². The first kappa shape index (κ1) is 16.2. The van der Waals surface area contributed by atoms with Crippen LogP contribution in [0.15, 0.2) is 46.6 Å².